The molecule has 0 unspecified atom stereocenters. The van der Waals surface area contributed by atoms with Crippen molar-refractivity contribution in [3.05, 3.63) is 72.9 Å². The number of aromatic nitrogens is 3. The summed E-state index contributed by atoms with van der Waals surface area (Å²) in [6.45, 7) is 26.1. The van der Waals surface area contributed by atoms with E-state index < -0.39 is 112 Å². The standard InChI is InChI=1S/C36H45N3O18/c1-19(2)28(40)46-13-25(14-47-29(41)20(3)4)52-55-34-37-35(56-53-26(15-48-30(42)21(5)6)16-49-31(43)22(7)8)39-36(38-34)57-54-27(17-50-32(44)23(9)10)18-51-33(45)24(11)12/h25-27H,1,3,5,7,9,11,13-18H2,2,4,6,8,10,12H3. The molecule has 21 heteroatoms. The number of carbonyl (C=O) groups excluding carboxylic acids is 6. The lowest BCUT2D eigenvalue weighted by Crippen LogP contribution is -2.31. The first kappa shape index (κ1) is 48.6. The van der Waals surface area contributed by atoms with Gasteiger partial charge in [0.1, 0.15) is 39.6 Å². The van der Waals surface area contributed by atoms with Crippen LogP contribution in [-0.2, 0) is 71.9 Å². The maximum Gasteiger partial charge on any atom is 0.362 e. The van der Waals surface area contributed by atoms with Crippen molar-refractivity contribution in [2.24, 2.45) is 0 Å². The van der Waals surface area contributed by atoms with Crippen molar-refractivity contribution in [3.63, 3.8) is 0 Å². The van der Waals surface area contributed by atoms with E-state index >= 15 is 0 Å². The van der Waals surface area contributed by atoms with Crippen LogP contribution in [-0.4, -0.2) is 109 Å². The van der Waals surface area contributed by atoms with E-state index in [9.17, 15) is 28.8 Å². The molecule has 0 saturated carbocycles. The van der Waals surface area contributed by atoms with Crippen molar-refractivity contribution >= 4 is 35.8 Å². The van der Waals surface area contributed by atoms with Gasteiger partial charge in [-0.3, -0.25) is 14.7 Å². The minimum Gasteiger partial charge on any atom is -0.459 e. The lowest BCUT2D eigenvalue weighted by molar-refractivity contribution is -0.280. The highest BCUT2D eigenvalue weighted by Gasteiger charge is 2.24. The van der Waals surface area contributed by atoms with Crippen LogP contribution in [0.4, 0.5) is 0 Å². The Bertz CT molecular complexity index is 1420. The van der Waals surface area contributed by atoms with Gasteiger partial charge in [0.2, 0.25) is 0 Å². The average molecular weight is 808 g/mol. The Morgan fingerprint density at radius 2 is 0.526 bits per heavy atom. The molecule has 1 aromatic rings. The van der Waals surface area contributed by atoms with Gasteiger partial charge < -0.3 is 28.4 Å². The van der Waals surface area contributed by atoms with Crippen LogP contribution in [0.3, 0.4) is 0 Å². The first-order chi connectivity index (χ1) is 26.7. The van der Waals surface area contributed by atoms with E-state index in [0.29, 0.717) is 0 Å². The van der Waals surface area contributed by atoms with Crippen LogP contribution < -0.4 is 14.7 Å². The van der Waals surface area contributed by atoms with Crippen molar-refractivity contribution in [3.8, 4) is 18.0 Å². The smallest absolute Gasteiger partial charge is 0.362 e. The highest BCUT2D eigenvalue weighted by atomic mass is 17.2. The van der Waals surface area contributed by atoms with Crippen LogP contribution in [0.2, 0.25) is 0 Å². The molecule has 1 heterocycles. The summed E-state index contributed by atoms with van der Waals surface area (Å²) in [7, 11) is 0. The predicted molar refractivity (Wildman–Crippen MR) is 191 cm³/mol. The second-order valence-corrected chi connectivity index (χ2v) is 11.9. The molecule has 21 nitrogen and oxygen atoms in total. The third-order valence-electron chi connectivity index (χ3n) is 5.84. The summed E-state index contributed by atoms with van der Waals surface area (Å²) in [4.78, 5) is 115. The first-order valence-corrected chi connectivity index (χ1v) is 16.4. The van der Waals surface area contributed by atoms with Crippen molar-refractivity contribution < 1.29 is 86.5 Å². The van der Waals surface area contributed by atoms with E-state index in [1.807, 2.05) is 0 Å². The number of nitrogens with zero attached hydrogens (tertiary/aromatic N) is 3. The number of carbonyl (C=O) groups is 6. The number of hydrogen-bond acceptors (Lipinski definition) is 21. The maximum atomic E-state index is 12.0. The van der Waals surface area contributed by atoms with Gasteiger partial charge in [-0.2, -0.15) is 14.7 Å². The largest absolute Gasteiger partial charge is 0.459 e. The third-order valence-corrected chi connectivity index (χ3v) is 5.84. The fourth-order valence-corrected chi connectivity index (χ4v) is 2.83. The van der Waals surface area contributed by atoms with E-state index in [1.54, 1.807) is 0 Å². The summed E-state index contributed by atoms with van der Waals surface area (Å²) in [6.07, 6.45) is -3.92. The van der Waals surface area contributed by atoms with Crippen LogP contribution in [0.25, 0.3) is 0 Å². The van der Waals surface area contributed by atoms with E-state index in [-0.39, 0.29) is 33.4 Å². The zero-order valence-electron chi connectivity index (χ0n) is 32.4. The molecule has 0 aromatic carbocycles. The topological polar surface area (TPSA) is 252 Å². The Morgan fingerprint density at radius 3 is 0.667 bits per heavy atom. The lowest BCUT2D eigenvalue weighted by Gasteiger charge is -2.18. The monoisotopic (exact) mass is 807 g/mol. The number of rotatable bonds is 27. The molecule has 0 aliphatic carbocycles. The van der Waals surface area contributed by atoms with E-state index in [2.05, 4.69) is 54.4 Å². The number of esters is 6. The highest BCUT2D eigenvalue weighted by Crippen LogP contribution is 2.18. The molecule has 0 amide bonds. The van der Waals surface area contributed by atoms with Crippen molar-refractivity contribution in [2.75, 3.05) is 39.6 Å². The molecule has 57 heavy (non-hydrogen) atoms. The molecule has 0 aliphatic heterocycles. The zero-order valence-corrected chi connectivity index (χ0v) is 32.4. The van der Waals surface area contributed by atoms with Gasteiger partial charge in [0, 0.05) is 33.4 Å². The van der Waals surface area contributed by atoms with Crippen molar-refractivity contribution in [2.45, 2.75) is 59.9 Å². The van der Waals surface area contributed by atoms with E-state index in [1.165, 1.54) is 41.5 Å². The summed E-state index contributed by atoms with van der Waals surface area (Å²) in [5.41, 5.74) is 0.327. The highest BCUT2D eigenvalue weighted by molar-refractivity contribution is 5.89. The summed E-state index contributed by atoms with van der Waals surface area (Å²) in [6, 6.07) is -2.24. The average Bonchev–Trinajstić information content (AvgIpc) is 3.15. The second-order valence-electron chi connectivity index (χ2n) is 11.9. The van der Waals surface area contributed by atoms with Gasteiger partial charge in [-0.05, 0) is 41.5 Å². The van der Waals surface area contributed by atoms with Gasteiger partial charge in [-0.25, -0.2) is 28.8 Å². The predicted octanol–water partition coefficient (Wildman–Crippen LogP) is 2.62. The van der Waals surface area contributed by atoms with Gasteiger partial charge in [-0.15, -0.1) is 15.0 Å². The molecular weight excluding hydrogens is 762 g/mol. The number of ether oxygens (including phenoxy) is 6. The van der Waals surface area contributed by atoms with Crippen LogP contribution in [0.15, 0.2) is 72.9 Å². The summed E-state index contributed by atoms with van der Waals surface area (Å²) < 4.78 is 30.5. The van der Waals surface area contributed by atoms with Gasteiger partial charge in [0.25, 0.3) is 0 Å². The normalized spacial score (nSPS) is 10.5. The maximum absolute atomic E-state index is 12.0. The Morgan fingerprint density at radius 1 is 0.368 bits per heavy atom. The Hall–Kier alpha value is -6.45. The SMILES string of the molecule is C=C(C)C(=O)OCC(COC(=O)C(=C)C)OOc1nc(OOC(COC(=O)C(=C)C)COC(=O)C(=C)C)nc(OOC(COC(=O)C(=C)C)COC(=O)C(=C)C)n1. The van der Waals surface area contributed by atoms with Gasteiger partial charge in [-0.1, -0.05) is 39.5 Å². The minimum absolute atomic E-state index is 0.0545. The van der Waals surface area contributed by atoms with Crippen LogP contribution in [0, 0.1) is 0 Å². The zero-order chi connectivity index (χ0) is 43.2. The molecule has 1 aromatic heterocycles. The van der Waals surface area contributed by atoms with Gasteiger partial charge in [0.05, 0.1) is 0 Å². The van der Waals surface area contributed by atoms with Gasteiger partial charge >= 0.3 is 53.8 Å². The molecule has 0 aliphatic rings. The molecular formula is C36H45N3O18. The van der Waals surface area contributed by atoms with Crippen molar-refractivity contribution in [1.82, 2.24) is 15.0 Å². The molecule has 312 valence electrons. The summed E-state index contributed by atoms with van der Waals surface area (Å²) in [5, 5.41) is 0. The Kier molecular flexibility index (Phi) is 21.2. The Labute approximate surface area is 327 Å². The van der Waals surface area contributed by atoms with Crippen LogP contribution in [0.5, 0.6) is 18.0 Å². The number of hydrogen-bond donors (Lipinski definition) is 0. The quantitative estimate of drug-likeness (QED) is 0.0407. The van der Waals surface area contributed by atoms with Crippen LogP contribution >= 0.6 is 0 Å². The molecule has 0 fully saturated rings. The molecule has 0 saturated heterocycles. The van der Waals surface area contributed by atoms with Crippen molar-refractivity contribution in [1.29, 1.82) is 0 Å². The molecule has 0 atom stereocenters. The van der Waals surface area contributed by atoms with Gasteiger partial charge in [0.15, 0.2) is 18.3 Å². The summed E-state index contributed by atoms with van der Waals surface area (Å²) >= 11 is 0. The molecule has 0 N–H and O–H groups in total. The van der Waals surface area contributed by atoms with E-state index in [4.69, 9.17) is 57.7 Å². The third kappa shape index (κ3) is 20.2. The first-order valence-electron chi connectivity index (χ1n) is 16.4. The van der Waals surface area contributed by atoms with E-state index in [0.717, 1.165) is 0 Å². The molecule has 1 rings (SSSR count). The fraction of sp³-hybridized carbons (Fsp3) is 0.417. The minimum atomic E-state index is -1.31. The lowest BCUT2D eigenvalue weighted by atomic mass is 10.3. The van der Waals surface area contributed by atoms with Crippen LogP contribution in [0.1, 0.15) is 41.5 Å². The second kappa shape index (κ2) is 24.9. The Balaban J connectivity index is 3.45. The summed E-state index contributed by atoms with van der Waals surface area (Å²) in [5.74, 6) is -4.80. The molecule has 0 bridgehead atoms. The molecule has 0 spiro atoms. The fourth-order valence-electron chi connectivity index (χ4n) is 2.83. The molecule has 0 radical (unpaired) electrons.